The van der Waals surface area contributed by atoms with E-state index >= 15 is 0 Å². The van der Waals surface area contributed by atoms with Gasteiger partial charge in [-0.1, -0.05) is 231 Å². The molecule has 0 radical (unpaired) electrons. The lowest BCUT2D eigenvalue weighted by Gasteiger charge is -2.32. The first kappa shape index (κ1) is 59.4. The van der Waals surface area contributed by atoms with Crippen LogP contribution in [0.25, 0.3) is 213 Å². The summed E-state index contributed by atoms with van der Waals surface area (Å²) in [5.74, 6) is 0. The Balaban J connectivity index is 0.727. The molecule has 504 valence electrons. The largest absolute Gasteiger partial charge is 0.135 e. The van der Waals surface area contributed by atoms with Crippen molar-refractivity contribution in [2.24, 2.45) is 0 Å². The van der Waals surface area contributed by atoms with Gasteiger partial charge in [0, 0.05) is 80.7 Å². The molecule has 4 heteroatoms. The summed E-state index contributed by atoms with van der Waals surface area (Å²) >= 11 is 7.54. The van der Waals surface area contributed by atoms with Crippen molar-refractivity contribution in [3.05, 3.63) is 384 Å². The number of benzene rings is 19. The normalized spacial score (nSPS) is 14.0. The van der Waals surface area contributed by atoms with Crippen LogP contribution in [0.4, 0.5) is 0 Å². The van der Waals surface area contributed by atoms with E-state index < -0.39 is 10.8 Å². The van der Waals surface area contributed by atoms with E-state index in [9.17, 15) is 0 Å². The second-order valence-electron chi connectivity index (χ2n) is 31.0. The van der Waals surface area contributed by atoms with Crippen molar-refractivity contribution in [2.75, 3.05) is 0 Å². The van der Waals surface area contributed by atoms with Gasteiger partial charge in [-0.25, -0.2) is 0 Å². The summed E-state index contributed by atoms with van der Waals surface area (Å²) in [5, 5.41) is 20.9. The Labute approximate surface area is 647 Å². The Hall–Kier alpha value is -12.6. The number of rotatable bonds is 4. The smallest absolute Gasteiger partial charge is 0.0726 e. The predicted molar refractivity (Wildman–Crippen MR) is 474 cm³/mol. The molecule has 23 aromatic rings. The van der Waals surface area contributed by atoms with E-state index in [0.29, 0.717) is 0 Å². The maximum atomic E-state index is 2.70. The van der Waals surface area contributed by atoms with Crippen LogP contribution >= 0.6 is 45.3 Å². The molecule has 4 heterocycles. The fourth-order valence-corrected chi connectivity index (χ4v) is 25.9. The SMILES string of the molecule is c1ccc2c(c1)-c1c(cc3c4cccc5c6c(cc(c7cccc1c73)c54)C1(c3cc(-c4ccc5sc7ccccc7c5c4)ccc3-c3ccc(-c4ccc5sc7ccccc7c5c4)cc31)c1ccccc1-6)C21c2cc(-c3ccc4sc5ccccc5c4c3)ccc2-c2ccc(-c3ccc4sc5ccccc5c4c3)cc21. The van der Waals surface area contributed by atoms with E-state index in [1.165, 1.54) is 257 Å². The summed E-state index contributed by atoms with van der Waals surface area (Å²) in [6, 6.07) is 133. The summed E-state index contributed by atoms with van der Waals surface area (Å²) in [7, 11) is 0. The highest BCUT2D eigenvalue weighted by atomic mass is 32.1. The van der Waals surface area contributed by atoms with Crippen molar-refractivity contribution >= 4 is 169 Å². The van der Waals surface area contributed by atoms with Crippen molar-refractivity contribution in [3.63, 3.8) is 0 Å². The molecule has 0 nitrogen and oxygen atoms in total. The highest BCUT2D eigenvalue weighted by Crippen LogP contribution is 2.69. The highest BCUT2D eigenvalue weighted by molar-refractivity contribution is 7.27. The lowest BCUT2D eigenvalue weighted by Crippen LogP contribution is -2.26. The molecule has 0 bridgehead atoms. The molecule has 2 spiro atoms. The van der Waals surface area contributed by atoms with Crippen molar-refractivity contribution in [3.8, 4) is 89.0 Å². The first-order valence-electron chi connectivity index (χ1n) is 38.1. The second-order valence-corrected chi connectivity index (χ2v) is 35.4. The van der Waals surface area contributed by atoms with E-state index in [-0.39, 0.29) is 0 Å². The maximum Gasteiger partial charge on any atom is 0.0726 e. The number of fused-ring (bicyclic) bond motifs is 36. The number of thiophene rings is 4. The summed E-state index contributed by atoms with van der Waals surface area (Å²) in [6.07, 6.45) is 0. The van der Waals surface area contributed by atoms with Crippen LogP contribution in [-0.2, 0) is 10.8 Å². The molecule has 27 rings (SSSR count). The zero-order valence-corrected chi connectivity index (χ0v) is 62.2. The van der Waals surface area contributed by atoms with E-state index in [4.69, 9.17) is 0 Å². The minimum absolute atomic E-state index is 0.688. The molecule has 0 N–H and O–H groups in total. The van der Waals surface area contributed by atoms with Crippen LogP contribution in [0.2, 0.25) is 0 Å². The van der Waals surface area contributed by atoms with Crippen LogP contribution < -0.4 is 0 Å². The third-order valence-electron chi connectivity index (χ3n) is 26.0. The topological polar surface area (TPSA) is 0 Å². The summed E-state index contributed by atoms with van der Waals surface area (Å²) < 4.78 is 10.6. The summed E-state index contributed by atoms with van der Waals surface area (Å²) in [5.41, 5.74) is 29.6. The molecule has 19 aromatic carbocycles. The van der Waals surface area contributed by atoms with Crippen LogP contribution in [0.1, 0.15) is 44.5 Å². The highest BCUT2D eigenvalue weighted by Gasteiger charge is 2.55. The van der Waals surface area contributed by atoms with Gasteiger partial charge in [-0.15, -0.1) is 45.3 Å². The fraction of sp³-hybridized carbons (Fsp3) is 0.0189. The molecular formula is C106H56S4. The zero-order valence-electron chi connectivity index (χ0n) is 59.0. The van der Waals surface area contributed by atoms with Gasteiger partial charge in [-0.2, -0.15) is 0 Å². The summed E-state index contributed by atoms with van der Waals surface area (Å²) in [6.45, 7) is 0. The Kier molecular flexibility index (Phi) is 11.4. The van der Waals surface area contributed by atoms with Gasteiger partial charge in [0.15, 0.2) is 0 Å². The van der Waals surface area contributed by atoms with Gasteiger partial charge in [0.05, 0.1) is 10.8 Å². The lowest BCUT2D eigenvalue weighted by atomic mass is 9.68. The van der Waals surface area contributed by atoms with E-state index in [2.05, 4.69) is 340 Å². The van der Waals surface area contributed by atoms with Crippen molar-refractivity contribution in [1.29, 1.82) is 0 Å². The third-order valence-corrected chi connectivity index (χ3v) is 30.6. The molecule has 0 saturated heterocycles. The molecule has 0 aliphatic heterocycles. The maximum absolute atomic E-state index is 2.70. The van der Waals surface area contributed by atoms with Crippen LogP contribution in [0.5, 0.6) is 0 Å². The average Bonchev–Trinajstić information content (AvgIpc) is 1.35. The van der Waals surface area contributed by atoms with Gasteiger partial charge in [0.2, 0.25) is 0 Å². The van der Waals surface area contributed by atoms with Gasteiger partial charge >= 0.3 is 0 Å². The van der Waals surface area contributed by atoms with Gasteiger partial charge in [0.25, 0.3) is 0 Å². The minimum Gasteiger partial charge on any atom is -0.135 e. The van der Waals surface area contributed by atoms with Gasteiger partial charge in [-0.3, -0.25) is 0 Å². The van der Waals surface area contributed by atoms with E-state index in [0.717, 1.165) is 0 Å². The lowest BCUT2D eigenvalue weighted by molar-refractivity contribution is 0.796. The molecule has 0 amide bonds. The van der Waals surface area contributed by atoms with Gasteiger partial charge in [-0.05, 0) is 286 Å². The average molecular weight is 1460 g/mol. The Morgan fingerprint density at radius 1 is 0.145 bits per heavy atom. The predicted octanol–water partition coefficient (Wildman–Crippen LogP) is 30.6. The molecule has 0 atom stereocenters. The molecule has 4 aliphatic carbocycles. The van der Waals surface area contributed by atoms with Crippen LogP contribution in [0.3, 0.4) is 0 Å². The molecule has 110 heavy (non-hydrogen) atoms. The first-order valence-corrected chi connectivity index (χ1v) is 41.4. The van der Waals surface area contributed by atoms with Crippen molar-refractivity contribution < 1.29 is 0 Å². The molecule has 0 saturated carbocycles. The number of hydrogen-bond acceptors (Lipinski definition) is 4. The second kappa shape index (κ2) is 21.2. The molecular weight excluding hydrogens is 1400 g/mol. The Morgan fingerprint density at radius 2 is 0.400 bits per heavy atom. The third kappa shape index (κ3) is 7.46. The van der Waals surface area contributed by atoms with Crippen molar-refractivity contribution in [2.45, 2.75) is 10.8 Å². The van der Waals surface area contributed by atoms with Gasteiger partial charge < -0.3 is 0 Å². The van der Waals surface area contributed by atoms with E-state index in [1.807, 2.05) is 45.3 Å². The van der Waals surface area contributed by atoms with Crippen LogP contribution in [-0.4, -0.2) is 0 Å². The fourth-order valence-electron chi connectivity index (χ4n) is 21.5. The first-order chi connectivity index (χ1) is 54.5. The van der Waals surface area contributed by atoms with E-state index in [1.54, 1.807) is 0 Å². The Morgan fingerprint density at radius 3 is 0.727 bits per heavy atom. The molecule has 4 aromatic heterocycles. The minimum atomic E-state index is -0.688. The quantitative estimate of drug-likeness (QED) is 0.122. The molecule has 0 unspecified atom stereocenters. The standard InChI is InChI=1S/C106H56S4/c1-7-25-85-75(19-1)103-77-23-13-21-73-84-56-92-104(76-20-2-8-26-86(76)106(92)89-53-63(59-37-45-99-81(49-59)71-17-5-11-29-95(71)109-99)33-41-67(89)68-42-34-64(54-90(68)106)60-38-46-100-82(50-60)72-18-6-12-30-96(72)110-100)78-24-14-22-74(102(78)84)83(101(73)77)55-91(103)105(85)87-51-61(57-35-43-97-79(47-57)69-15-3-9-27-93(69)107-97)31-39-65(87)66-40-32-62(52-88(66)105)58-36-44-98-80(48-58)70-16-4-10-28-94(70)108-98/h1-56H. The summed E-state index contributed by atoms with van der Waals surface area (Å²) in [4.78, 5) is 0. The molecule has 4 aliphatic rings. The molecule has 0 fully saturated rings. The number of hydrogen-bond donors (Lipinski definition) is 0. The van der Waals surface area contributed by atoms with Crippen molar-refractivity contribution in [1.82, 2.24) is 0 Å². The Bertz CT molecular complexity index is 7380. The van der Waals surface area contributed by atoms with Gasteiger partial charge in [0.1, 0.15) is 0 Å². The monoisotopic (exact) mass is 1460 g/mol. The van der Waals surface area contributed by atoms with Crippen LogP contribution in [0, 0.1) is 0 Å². The van der Waals surface area contributed by atoms with Crippen LogP contribution in [0.15, 0.2) is 340 Å². The zero-order chi connectivity index (χ0) is 71.1.